The molecule has 0 saturated heterocycles. The van der Waals surface area contributed by atoms with Gasteiger partial charge in [0.15, 0.2) is 0 Å². The van der Waals surface area contributed by atoms with Crippen LogP contribution in [-0.4, -0.2) is 6.54 Å². The second-order valence-electron chi connectivity index (χ2n) is 3.85. The lowest BCUT2D eigenvalue weighted by Gasteiger charge is -2.14. The van der Waals surface area contributed by atoms with E-state index in [1.165, 1.54) is 18.4 Å². The fraction of sp³-hybridized carbons (Fsp3) is 0.455. The maximum absolute atomic E-state index is 5.97. The summed E-state index contributed by atoms with van der Waals surface area (Å²) in [5.74, 6) is 1.22. The normalized spacial score (nSPS) is 18.2. The van der Waals surface area contributed by atoms with Gasteiger partial charge in [0, 0.05) is 0 Å². The molecule has 1 aliphatic carbocycles. The summed E-state index contributed by atoms with van der Waals surface area (Å²) in [5, 5.41) is 1.24. The Hall–Kier alpha value is -0.240. The summed E-state index contributed by atoms with van der Waals surface area (Å²) in [5.41, 5.74) is 6.98. The van der Waals surface area contributed by atoms with Crippen LogP contribution >= 0.6 is 23.2 Å². The molecule has 0 aliphatic heterocycles. The predicted molar refractivity (Wildman–Crippen MR) is 61.0 cm³/mol. The number of rotatable bonds is 3. The van der Waals surface area contributed by atoms with E-state index in [-0.39, 0.29) is 0 Å². The van der Waals surface area contributed by atoms with Crippen molar-refractivity contribution in [1.82, 2.24) is 0 Å². The van der Waals surface area contributed by atoms with Crippen LogP contribution in [0.4, 0.5) is 0 Å². The molecule has 14 heavy (non-hydrogen) atoms. The van der Waals surface area contributed by atoms with Crippen molar-refractivity contribution in [1.29, 1.82) is 0 Å². The van der Waals surface area contributed by atoms with E-state index in [0.29, 0.717) is 22.5 Å². The first-order valence-corrected chi connectivity index (χ1v) is 5.63. The van der Waals surface area contributed by atoms with Crippen LogP contribution in [0, 0.1) is 5.92 Å². The lowest BCUT2D eigenvalue weighted by molar-refractivity contribution is 0.616. The quantitative estimate of drug-likeness (QED) is 0.845. The zero-order valence-electron chi connectivity index (χ0n) is 7.84. The fourth-order valence-corrected chi connectivity index (χ4v) is 2.15. The summed E-state index contributed by atoms with van der Waals surface area (Å²) < 4.78 is 0. The standard InChI is InChI=1S/C11H13Cl2N/c12-10-4-3-8(5-11(10)13)9(6-14)7-1-2-7/h3-5,7,9H,1-2,6,14H2. The number of halogens is 2. The van der Waals surface area contributed by atoms with Gasteiger partial charge in [-0.25, -0.2) is 0 Å². The summed E-state index contributed by atoms with van der Waals surface area (Å²) in [7, 11) is 0. The third-order valence-corrected chi connectivity index (χ3v) is 3.56. The van der Waals surface area contributed by atoms with Crippen LogP contribution in [0.5, 0.6) is 0 Å². The molecule has 2 rings (SSSR count). The first-order valence-electron chi connectivity index (χ1n) is 4.87. The molecule has 1 atom stereocenters. The van der Waals surface area contributed by atoms with Crippen molar-refractivity contribution in [2.75, 3.05) is 6.54 Å². The van der Waals surface area contributed by atoms with Crippen LogP contribution in [0.2, 0.25) is 10.0 Å². The highest BCUT2D eigenvalue weighted by molar-refractivity contribution is 6.42. The van der Waals surface area contributed by atoms with Gasteiger partial charge in [-0.1, -0.05) is 29.3 Å². The van der Waals surface area contributed by atoms with E-state index < -0.39 is 0 Å². The molecule has 1 aromatic carbocycles. The van der Waals surface area contributed by atoms with E-state index in [0.717, 1.165) is 5.92 Å². The number of nitrogens with two attached hydrogens (primary N) is 1. The van der Waals surface area contributed by atoms with Crippen LogP contribution in [0.15, 0.2) is 18.2 Å². The molecule has 1 unspecified atom stereocenters. The largest absolute Gasteiger partial charge is 0.330 e. The minimum Gasteiger partial charge on any atom is -0.330 e. The smallest absolute Gasteiger partial charge is 0.0595 e. The Morgan fingerprint density at radius 1 is 1.29 bits per heavy atom. The highest BCUT2D eigenvalue weighted by Gasteiger charge is 2.31. The molecule has 3 heteroatoms. The molecular formula is C11H13Cl2N. The number of benzene rings is 1. The molecule has 0 aromatic heterocycles. The average molecular weight is 230 g/mol. The Morgan fingerprint density at radius 2 is 2.00 bits per heavy atom. The monoisotopic (exact) mass is 229 g/mol. The third kappa shape index (κ3) is 2.05. The highest BCUT2D eigenvalue weighted by atomic mass is 35.5. The van der Waals surface area contributed by atoms with Crippen LogP contribution in [0.3, 0.4) is 0 Å². The molecule has 0 radical (unpaired) electrons. The molecule has 0 amide bonds. The van der Waals surface area contributed by atoms with Gasteiger partial charge in [0.05, 0.1) is 10.0 Å². The summed E-state index contributed by atoms with van der Waals surface area (Å²) in [6, 6.07) is 5.83. The summed E-state index contributed by atoms with van der Waals surface area (Å²) in [6.45, 7) is 0.697. The van der Waals surface area contributed by atoms with Crippen LogP contribution < -0.4 is 5.73 Å². The van der Waals surface area contributed by atoms with E-state index in [1.54, 1.807) is 0 Å². The zero-order chi connectivity index (χ0) is 10.1. The Kier molecular flexibility index (Phi) is 3.01. The van der Waals surface area contributed by atoms with Crippen molar-refractivity contribution in [2.24, 2.45) is 11.7 Å². The van der Waals surface area contributed by atoms with Gasteiger partial charge >= 0.3 is 0 Å². The van der Waals surface area contributed by atoms with E-state index in [2.05, 4.69) is 0 Å². The molecule has 0 bridgehead atoms. The Morgan fingerprint density at radius 3 is 2.50 bits per heavy atom. The molecule has 1 nitrogen and oxygen atoms in total. The van der Waals surface area contributed by atoms with Gasteiger partial charge in [0.25, 0.3) is 0 Å². The lowest BCUT2D eigenvalue weighted by Crippen LogP contribution is -2.14. The first-order chi connectivity index (χ1) is 6.72. The molecule has 1 aromatic rings. The minimum atomic E-state index is 0.463. The van der Waals surface area contributed by atoms with Crippen molar-refractivity contribution in [3.8, 4) is 0 Å². The van der Waals surface area contributed by atoms with Gasteiger partial charge < -0.3 is 5.73 Å². The van der Waals surface area contributed by atoms with E-state index >= 15 is 0 Å². The van der Waals surface area contributed by atoms with E-state index in [1.807, 2.05) is 18.2 Å². The van der Waals surface area contributed by atoms with Gasteiger partial charge in [-0.3, -0.25) is 0 Å². The second-order valence-corrected chi connectivity index (χ2v) is 4.67. The minimum absolute atomic E-state index is 0.463. The van der Waals surface area contributed by atoms with Gasteiger partial charge in [0.1, 0.15) is 0 Å². The predicted octanol–water partition coefficient (Wildman–Crippen LogP) is 3.45. The summed E-state index contributed by atoms with van der Waals surface area (Å²) in [4.78, 5) is 0. The Balaban J connectivity index is 2.25. The first kappa shape index (κ1) is 10.3. The number of hydrogen-bond donors (Lipinski definition) is 1. The molecule has 1 saturated carbocycles. The molecule has 1 fully saturated rings. The molecule has 2 N–H and O–H groups in total. The average Bonchev–Trinajstić information content (AvgIpc) is 2.96. The Bertz CT molecular complexity index is 334. The molecular weight excluding hydrogens is 217 g/mol. The van der Waals surface area contributed by atoms with Gasteiger partial charge in [-0.15, -0.1) is 0 Å². The summed E-state index contributed by atoms with van der Waals surface area (Å²) in [6.07, 6.45) is 2.59. The van der Waals surface area contributed by atoms with Gasteiger partial charge in [0.2, 0.25) is 0 Å². The van der Waals surface area contributed by atoms with E-state index in [4.69, 9.17) is 28.9 Å². The topological polar surface area (TPSA) is 26.0 Å². The SMILES string of the molecule is NCC(c1ccc(Cl)c(Cl)c1)C1CC1. The van der Waals surface area contributed by atoms with Crippen molar-refractivity contribution in [2.45, 2.75) is 18.8 Å². The van der Waals surface area contributed by atoms with Crippen LogP contribution in [-0.2, 0) is 0 Å². The maximum atomic E-state index is 5.97. The van der Waals surface area contributed by atoms with Gasteiger partial charge in [-0.05, 0) is 48.9 Å². The molecule has 1 aliphatic rings. The molecule has 76 valence electrons. The van der Waals surface area contributed by atoms with Crippen molar-refractivity contribution >= 4 is 23.2 Å². The highest BCUT2D eigenvalue weighted by Crippen LogP contribution is 2.42. The lowest BCUT2D eigenvalue weighted by atomic mass is 9.94. The summed E-state index contributed by atoms with van der Waals surface area (Å²) >= 11 is 11.8. The maximum Gasteiger partial charge on any atom is 0.0595 e. The van der Waals surface area contributed by atoms with Crippen molar-refractivity contribution in [3.63, 3.8) is 0 Å². The molecule has 0 spiro atoms. The van der Waals surface area contributed by atoms with Crippen LogP contribution in [0.25, 0.3) is 0 Å². The molecule has 0 heterocycles. The second kappa shape index (κ2) is 4.09. The fourth-order valence-electron chi connectivity index (χ4n) is 1.84. The van der Waals surface area contributed by atoms with Gasteiger partial charge in [-0.2, -0.15) is 0 Å². The third-order valence-electron chi connectivity index (χ3n) is 2.82. The Labute approximate surface area is 94.2 Å². The van der Waals surface area contributed by atoms with Crippen molar-refractivity contribution < 1.29 is 0 Å². The number of hydrogen-bond acceptors (Lipinski definition) is 1. The zero-order valence-corrected chi connectivity index (χ0v) is 9.35. The van der Waals surface area contributed by atoms with Crippen LogP contribution in [0.1, 0.15) is 24.3 Å². The van der Waals surface area contributed by atoms with Crippen molar-refractivity contribution in [3.05, 3.63) is 33.8 Å². The van der Waals surface area contributed by atoms with E-state index in [9.17, 15) is 0 Å².